The zero-order chi connectivity index (χ0) is 11.4. The first-order valence-corrected chi connectivity index (χ1v) is 6.88. The number of nitrogens with two attached hydrogens (primary N) is 1. The fourth-order valence-electron chi connectivity index (χ4n) is 3.09. The van der Waals surface area contributed by atoms with Crippen LogP contribution in [-0.2, 0) is 4.74 Å². The van der Waals surface area contributed by atoms with Crippen LogP contribution in [0, 0.1) is 0 Å². The average Bonchev–Trinajstić information content (AvgIpc) is 2.24. The molecule has 2 rings (SSSR count). The lowest BCUT2D eigenvalue weighted by molar-refractivity contribution is -0.0405. The third kappa shape index (κ3) is 3.19. The first kappa shape index (κ1) is 12.3. The maximum atomic E-state index is 6.34. The van der Waals surface area contributed by atoms with E-state index in [1.54, 1.807) is 0 Å². The molecule has 1 aliphatic heterocycles. The summed E-state index contributed by atoms with van der Waals surface area (Å²) in [4.78, 5) is 2.57. The van der Waals surface area contributed by atoms with E-state index in [1.165, 1.54) is 38.5 Å². The normalized spacial score (nSPS) is 39.0. The minimum Gasteiger partial charge on any atom is -0.376 e. The predicted octanol–water partition coefficient (Wildman–Crippen LogP) is 1.76. The number of hydrogen-bond acceptors (Lipinski definition) is 3. The van der Waals surface area contributed by atoms with Crippen LogP contribution in [0.3, 0.4) is 0 Å². The Kier molecular flexibility index (Phi) is 4.62. The molecule has 0 aromatic heterocycles. The van der Waals surface area contributed by atoms with Crippen molar-refractivity contribution in [1.29, 1.82) is 0 Å². The summed E-state index contributed by atoms with van der Waals surface area (Å²) in [5, 5.41) is 0. The molecule has 16 heavy (non-hydrogen) atoms. The van der Waals surface area contributed by atoms with Gasteiger partial charge >= 0.3 is 0 Å². The van der Waals surface area contributed by atoms with Crippen LogP contribution in [0.2, 0.25) is 0 Å². The summed E-state index contributed by atoms with van der Waals surface area (Å²) in [5.74, 6) is 0. The second kappa shape index (κ2) is 5.99. The molecule has 1 saturated heterocycles. The molecule has 1 saturated carbocycles. The van der Waals surface area contributed by atoms with Gasteiger partial charge in [-0.15, -0.1) is 0 Å². The third-order valence-electron chi connectivity index (χ3n) is 4.02. The van der Waals surface area contributed by atoms with Crippen LogP contribution >= 0.6 is 0 Å². The standard InChI is InChI=1S/C13H26N2O/c1-11-10-15(8-9-16-11)13-7-5-3-2-4-6-12(13)14/h11-13H,2-10,14H2,1H3. The van der Waals surface area contributed by atoms with E-state index < -0.39 is 0 Å². The summed E-state index contributed by atoms with van der Waals surface area (Å²) < 4.78 is 5.61. The predicted molar refractivity (Wildman–Crippen MR) is 66.5 cm³/mol. The van der Waals surface area contributed by atoms with Crippen LogP contribution in [0.1, 0.15) is 45.4 Å². The van der Waals surface area contributed by atoms with Crippen molar-refractivity contribution in [3.63, 3.8) is 0 Å². The zero-order valence-corrected chi connectivity index (χ0v) is 10.5. The van der Waals surface area contributed by atoms with Crippen LogP contribution in [-0.4, -0.2) is 42.8 Å². The van der Waals surface area contributed by atoms with Crippen LogP contribution in [0.25, 0.3) is 0 Å². The Labute approximate surface area is 99.3 Å². The molecule has 0 spiro atoms. The average molecular weight is 226 g/mol. The number of nitrogens with zero attached hydrogens (tertiary/aromatic N) is 1. The molecule has 3 nitrogen and oxygen atoms in total. The van der Waals surface area contributed by atoms with Crippen molar-refractivity contribution in [3.05, 3.63) is 0 Å². The van der Waals surface area contributed by atoms with Gasteiger partial charge in [-0.05, 0) is 19.8 Å². The van der Waals surface area contributed by atoms with Crippen LogP contribution in [0.15, 0.2) is 0 Å². The Hall–Kier alpha value is -0.120. The minimum absolute atomic E-state index is 0.380. The Morgan fingerprint density at radius 3 is 2.62 bits per heavy atom. The highest BCUT2D eigenvalue weighted by Crippen LogP contribution is 2.22. The van der Waals surface area contributed by atoms with Gasteiger partial charge in [0.25, 0.3) is 0 Å². The van der Waals surface area contributed by atoms with Gasteiger partial charge in [-0.25, -0.2) is 0 Å². The van der Waals surface area contributed by atoms with Gasteiger partial charge in [0.05, 0.1) is 12.7 Å². The molecule has 2 fully saturated rings. The van der Waals surface area contributed by atoms with E-state index in [0.717, 1.165) is 19.7 Å². The van der Waals surface area contributed by atoms with E-state index in [9.17, 15) is 0 Å². The molecule has 0 aromatic carbocycles. The smallest absolute Gasteiger partial charge is 0.0674 e. The Bertz CT molecular complexity index is 210. The van der Waals surface area contributed by atoms with Crippen molar-refractivity contribution in [3.8, 4) is 0 Å². The van der Waals surface area contributed by atoms with E-state index in [0.29, 0.717) is 18.2 Å². The topological polar surface area (TPSA) is 38.5 Å². The zero-order valence-electron chi connectivity index (χ0n) is 10.5. The number of morpholine rings is 1. The highest BCUT2D eigenvalue weighted by molar-refractivity contribution is 4.86. The first-order valence-electron chi connectivity index (χ1n) is 6.88. The van der Waals surface area contributed by atoms with E-state index in [-0.39, 0.29) is 0 Å². The fourth-order valence-corrected chi connectivity index (χ4v) is 3.09. The summed E-state index contributed by atoms with van der Waals surface area (Å²) in [5.41, 5.74) is 6.34. The van der Waals surface area contributed by atoms with Crippen molar-refractivity contribution < 1.29 is 4.74 Å². The minimum atomic E-state index is 0.380. The monoisotopic (exact) mass is 226 g/mol. The number of hydrogen-bond donors (Lipinski definition) is 1. The van der Waals surface area contributed by atoms with Gasteiger partial charge in [0.15, 0.2) is 0 Å². The van der Waals surface area contributed by atoms with E-state index in [2.05, 4.69) is 11.8 Å². The number of ether oxygens (including phenoxy) is 1. The second-order valence-corrected chi connectivity index (χ2v) is 5.40. The van der Waals surface area contributed by atoms with Crippen LogP contribution < -0.4 is 5.73 Å². The molecule has 1 aliphatic carbocycles. The second-order valence-electron chi connectivity index (χ2n) is 5.40. The lowest BCUT2D eigenvalue weighted by Crippen LogP contribution is -2.54. The van der Waals surface area contributed by atoms with Gasteiger partial charge in [0.2, 0.25) is 0 Å². The third-order valence-corrected chi connectivity index (χ3v) is 4.02. The maximum Gasteiger partial charge on any atom is 0.0674 e. The fraction of sp³-hybridized carbons (Fsp3) is 1.00. The molecule has 2 N–H and O–H groups in total. The molecular weight excluding hydrogens is 200 g/mol. The molecule has 0 amide bonds. The van der Waals surface area contributed by atoms with Crippen molar-refractivity contribution >= 4 is 0 Å². The van der Waals surface area contributed by atoms with Crippen molar-refractivity contribution in [2.45, 2.75) is 63.6 Å². The first-order chi connectivity index (χ1) is 7.77. The van der Waals surface area contributed by atoms with Gasteiger partial charge in [-0.2, -0.15) is 0 Å². The molecule has 0 aromatic rings. The van der Waals surface area contributed by atoms with E-state index >= 15 is 0 Å². The molecular formula is C13H26N2O. The van der Waals surface area contributed by atoms with E-state index in [4.69, 9.17) is 10.5 Å². The largest absolute Gasteiger partial charge is 0.376 e. The Morgan fingerprint density at radius 1 is 1.12 bits per heavy atom. The quantitative estimate of drug-likeness (QED) is 0.740. The summed E-state index contributed by atoms with van der Waals surface area (Å²) in [6, 6.07) is 0.984. The van der Waals surface area contributed by atoms with Crippen LogP contribution in [0.5, 0.6) is 0 Å². The highest BCUT2D eigenvalue weighted by Gasteiger charge is 2.28. The summed E-state index contributed by atoms with van der Waals surface area (Å²) >= 11 is 0. The van der Waals surface area contributed by atoms with Gasteiger partial charge in [-0.1, -0.05) is 25.7 Å². The molecule has 2 aliphatic rings. The molecule has 0 radical (unpaired) electrons. The number of rotatable bonds is 1. The van der Waals surface area contributed by atoms with Gasteiger partial charge in [0.1, 0.15) is 0 Å². The summed E-state index contributed by atoms with van der Waals surface area (Å²) in [6.45, 7) is 5.19. The SMILES string of the molecule is CC1CN(C2CCCCCCC2N)CCO1. The Morgan fingerprint density at radius 2 is 1.88 bits per heavy atom. The molecule has 3 heteroatoms. The molecule has 3 unspecified atom stereocenters. The van der Waals surface area contributed by atoms with E-state index in [1.807, 2.05) is 0 Å². The van der Waals surface area contributed by atoms with Gasteiger partial charge in [-0.3, -0.25) is 4.90 Å². The molecule has 94 valence electrons. The van der Waals surface area contributed by atoms with Crippen molar-refractivity contribution in [1.82, 2.24) is 4.90 Å². The van der Waals surface area contributed by atoms with Gasteiger partial charge in [0, 0.05) is 25.2 Å². The van der Waals surface area contributed by atoms with Crippen molar-refractivity contribution in [2.24, 2.45) is 5.73 Å². The molecule has 1 heterocycles. The summed E-state index contributed by atoms with van der Waals surface area (Å²) in [6.07, 6.45) is 8.31. The Balaban J connectivity index is 1.92. The molecule has 3 atom stereocenters. The van der Waals surface area contributed by atoms with Crippen LogP contribution in [0.4, 0.5) is 0 Å². The lowest BCUT2D eigenvalue weighted by atomic mass is 9.91. The van der Waals surface area contributed by atoms with Crippen molar-refractivity contribution in [2.75, 3.05) is 19.7 Å². The maximum absolute atomic E-state index is 6.34. The highest BCUT2D eigenvalue weighted by atomic mass is 16.5. The lowest BCUT2D eigenvalue weighted by Gasteiger charge is -2.40. The molecule has 0 bridgehead atoms. The van der Waals surface area contributed by atoms with Gasteiger partial charge < -0.3 is 10.5 Å². The summed E-state index contributed by atoms with van der Waals surface area (Å²) in [7, 11) is 0.